The third-order valence-electron chi connectivity index (χ3n) is 2.91. The number of nitrogens with one attached hydrogen (secondary N) is 1. The molecule has 0 aliphatic carbocycles. The first-order chi connectivity index (χ1) is 8.25. The predicted molar refractivity (Wildman–Crippen MR) is 62.2 cm³/mol. The van der Waals surface area contributed by atoms with E-state index in [4.69, 9.17) is 16.3 Å². The molecule has 0 spiro atoms. The molecule has 1 N–H and O–H groups in total. The highest BCUT2D eigenvalue weighted by Crippen LogP contribution is 2.31. The lowest BCUT2D eigenvalue weighted by Crippen LogP contribution is -2.50. The molecule has 1 amide bonds. The van der Waals surface area contributed by atoms with E-state index in [2.05, 4.69) is 15.3 Å². The van der Waals surface area contributed by atoms with Crippen molar-refractivity contribution in [1.29, 1.82) is 0 Å². The Bertz CT molecular complexity index is 468. The first kappa shape index (κ1) is 10.7. The van der Waals surface area contributed by atoms with Crippen LogP contribution in [-0.2, 0) is 9.53 Å². The van der Waals surface area contributed by atoms with E-state index < -0.39 is 0 Å². The van der Waals surface area contributed by atoms with Crippen molar-refractivity contribution in [1.82, 2.24) is 9.97 Å². The minimum atomic E-state index is -0.323. The van der Waals surface area contributed by atoms with Crippen LogP contribution in [0.1, 0.15) is 6.42 Å². The number of nitrogens with zero attached hydrogens (tertiary/aromatic N) is 3. The van der Waals surface area contributed by atoms with Crippen molar-refractivity contribution >= 4 is 29.0 Å². The van der Waals surface area contributed by atoms with Crippen LogP contribution >= 0.6 is 11.6 Å². The summed E-state index contributed by atoms with van der Waals surface area (Å²) >= 11 is 5.79. The van der Waals surface area contributed by atoms with E-state index in [9.17, 15) is 4.79 Å². The maximum atomic E-state index is 11.9. The maximum Gasteiger partial charge on any atom is 0.249 e. The highest BCUT2D eigenvalue weighted by atomic mass is 35.5. The quantitative estimate of drug-likeness (QED) is 0.690. The molecule has 1 unspecified atom stereocenters. The number of rotatable bonds is 0. The number of amides is 1. The topological polar surface area (TPSA) is 67.4 Å². The van der Waals surface area contributed by atoms with Gasteiger partial charge in [0, 0.05) is 13.2 Å². The van der Waals surface area contributed by atoms with Crippen molar-refractivity contribution in [2.45, 2.75) is 12.5 Å². The molecule has 0 bridgehead atoms. The second-order valence-electron chi connectivity index (χ2n) is 4.00. The average Bonchev–Trinajstić information content (AvgIpc) is 2.56. The number of aromatic nitrogens is 2. The Kier molecular flexibility index (Phi) is 2.60. The van der Waals surface area contributed by atoms with Crippen LogP contribution in [0, 0.1) is 0 Å². The van der Waals surface area contributed by atoms with Crippen molar-refractivity contribution in [3.05, 3.63) is 11.5 Å². The number of anilines is 2. The summed E-state index contributed by atoms with van der Waals surface area (Å²) in [6.45, 7) is 1.78. The van der Waals surface area contributed by atoms with Gasteiger partial charge in [-0.25, -0.2) is 4.98 Å². The molecule has 17 heavy (non-hydrogen) atoms. The van der Waals surface area contributed by atoms with E-state index in [0.29, 0.717) is 24.7 Å². The molecule has 1 saturated heterocycles. The Morgan fingerprint density at radius 3 is 3.35 bits per heavy atom. The van der Waals surface area contributed by atoms with E-state index >= 15 is 0 Å². The molecule has 1 aromatic rings. The lowest BCUT2D eigenvalue weighted by atomic mass is 10.1. The summed E-state index contributed by atoms with van der Waals surface area (Å²) in [5, 5.41) is 2.95. The van der Waals surface area contributed by atoms with Crippen molar-refractivity contribution in [3.63, 3.8) is 0 Å². The van der Waals surface area contributed by atoms with Crippen molar-refractivity contribution in [3.8, 4) is 0 Å². The number of carbonyl (C=O) groups is 1. The smallest absolute Gasteiger partial charge is 0.249 e. The van der Waals surface area contributed by atoms with Crippen LogP contribution in [0.4, 0.5) is 11.5 Å². The molecular weight excluding hydrogens is 244 g/mol. The standard InChI is InChI=1S/C10H11ClN4O2/c11-10-12-4-6-8(14-10)15-2-1-3-17-5-7(15)9(16)13-6/h4,7H,1-3,5H2,(H,13,16). The number of ether oxygens (including phenoxy) is 1. The van der Waals surface area contributed by atoms with Gasteiger partial charge in [-0.2, -0.15) is 4.98 Å². The van der Waals surface area contributed by atoms with Crippen LogP contribution in [0.2, 0.25) is 5.28 Å². The summed E-state index contributed by atoms with van der Waals surface area (Å²) in [7, 11) is 0. The summed E-state index contributed by atoms with van der Waals surface area (Å²) < 4.78 is 5.40. The second kappa shape index (κ2) is 4.12. The molecule has 0 saturated carbocycles. The zero-order valence-corrected chi connectivity index (χ0v) is 9.78. The maximum absolute atomic E-state index is 11.9. The van der Waals surface area contributed by atoms with Gasteiger partial charge in [0.15, 0.2) is 5.82 Å². The van der Waals surface area contributed by atoms with Crippen LogP contribution in [0.5, 0.6) is 0 Å². The monoisotopic (exact) mass is 254 g/mol. The number of fused-ring (bicyclic) bond motifs is 3. The molecule has 0 radical (unpaired) electrons. The molecular formula is C10H11ClN4O2. The highest BCUT2D eigenvalue weighted by Gasteiger charge is 2.35. The third-order valence-corrected chi connectivity index (χ3v) is 3.09. The lowest BCUT2D eigenvalue weighted by Gasteiger charge is -2.34. The molecule has 7 heteroatoms. The van der Waals surface area contributed by atoms with Crippen molar-refractivity contribution < 1.29 is 9.53 Å². The van der Waals surface area contributed by atoms with Gasteiger partial charge in [-0.1, -0.05) is 0 Å². The molecule has 1 aromatic heterocycles. The average molecular weight is 255 g/mol. The van der Waals surface area contributed by atoms with Crippen LogP contribution in [0.25, 0.3) is 0 Å². The van der Waals surface area contributed by atoms with E-state index in [1.165, 1.54) is 6.20 Å². The van der Waals surface area contributed by atoms with Gasteiger partial charge in [-0.15, -0.1) is 0 Å². The summed E-state index contributed by atoms with van der Waals surface area (Å²) in [4.78, 5) is 21.9. The number of hydrogen-bond donors (Lipinski definition) is 1. The van der Waals surface area contributed by atoms with Crippen LogP contribution in [-0.4, -0.2) is 41.7 Å². The molecule has 3 heterocycles. The molecule has 0 aromatic carbocycles. The minimum Gasteiger partial charge on any atom is -0.379 e. The fourth-order valence-electron chi connectivity index (χ4n) is 2.12. The fraction of sp³-hybridized carbons (Fsp3) is 0.500. The van der Waals surface area contributed by atoms with Crippen molar-refractivity contribution in [2.75, 3.05) is 30.0 Å². The van der Waals surface area contributed by atoms with E-state index in [1.54, 1.807) is 0 Å². The van der Waals surface area contributed by atoms with Crippen LogP contribution in [0.15, 0.2) is 6.20 Å². The number of hydrogen-bond acceptors (Lipinski definition) is 5. The first-order valence-electron chi connectivity index (χ1n) is 5.43. The summed E-state index contributed by atoms with van der Waals surface area (Å²) in [5.41, 5.74) is 0.609. The van der Waals surface area contributed by atoms with Crippen LogP contribution in [0.3, 0.4) is 0 Å². The normalized spacial score (nSPS) is 23.5. The van der Waals surface area contributed by atoms with Gasteiger partial charge >= 0.3 is 0 Å². The zero-order chi connectivity index (χ0) is 11.8. The summed E-state index contributed by atoms with van der Waals surface area (Å²) in [6.07, 6.45) is 2.40. The Balaban J connectivity index is 2.05. The largest absolute Gasteiger partial charge is 0.379 e. The minimum absolute atomic E-state index is 0.0784. The van der Waals surface area contributed by atoms with Gasteiger partial charge in [0.1, 0.15) is 11.7 Å². The molecule has 2 aliphatic rings. The van der Waals surface area contributed by atoms with Gasteiger partial charge in [0.05, 0.1) is 12.8 Å². The Morgan fingerprint density at radius 2 is 2.47 bits per heavy atom. The number of carbonyl (C=O) groups excluding carboxylic acids is 1. The van der Waals surface area contributed by atoms with E-state index in [-0.39, 0.29) is 17.2 Å². The second-order valence-corrected chi connectivity index (χ2v) is 4.34. The highest BCUT2D eigenvalue weighted by molar-refractivity contribution is 6.28. The van der Waals surface area contributed by atoms with Gasteiger partial charge in [-0.05, 0) is 18.0 Å². The molecule has 1 fully saturated rings. The van der Waals surface area contributed by atoms with E-state index in [0.717, 1.165) is 13.0 Å². The molecule has 1 atom stereocenters. The first-order valence-corrected chi connectivity index (χ1v) is 5.81. The Labute approximate surface area is 103 Å². The van der Waals surface area contributed by atoms with Gasteiger partial charge < -0.3 is 15.0 Å². The molecule has 2 aliphatic heterocycles. The van der Waals surface area contributed by atoms with Gasteiger partial charge in [0.25, 0.3) is 0 Å². The zero-order valence-electron chi connectivity index (χ0n) is 9.02. The van der Waals surface area contributed by atoms with E-state index in [1.807, 2.05) is 4.90 Å². The SMILES string of the molecule is O=C1Nc2cnc(Cl)nc2N2CCCOCC12. The summed E-state index contributed by atoms with van der Waals surface area (Å²) in [6, 6.07) is -0.323. The molecule has 6 nitrogen and oxygen atoms in total. The molecule has 90 valence electrons. The third kappa shape index (κ3) is 1.83. The Morgan fingerprint density at radius 1 is 1.59 bits per heavy atom. The lowest BCUT2D eigenvalue weighted by molar-refractivity contribution is -0.118. The fourth-order valence-corrected chi connectivity index (χ4v) is 2.25. The van der Waals surface area contributed by atoms with Gasteiger partial charge in [-0.3, -0.25) is 4.79 Å². The van der Waals surface area contributed by atoms with Crippen LogP contribution < -0.4 is 10.2 Å². The predicted octanol–water partition coefficient (Wildman–Crippen LogP) is 0.677. The van der Waals surface area contributed by atoms with Gasteiger partial charge in [0.2, 0.25) is 11.2 Å². The van der Waals surface area contributed by atoms with Crippen molar-refractivity contribution in [2.24, 2.45) is 0 Å². The molecule has 3 rings (SSSR count). The Hall–Kier alpha value is -1.40. The summed E-state index contributed by atoms with van der Waals surface area (Å²) in [5.74, 6) is 0.602. The number of halogens is 1.